The highest BCUT2D eigenvalue weighted by atomic mass is 32.2. The van der Waals surface area contributed by atoms with E-state index in [1.165, 1.54) is 13.8 Å². The van der Waals surface area contributed by atoms with Gasteiger partial charge in [0.2, 0.25) is 5.91 Å². The summed E-state index contributed by atoms with van der Waals surface area (Å²) < 4.78 is 21.6. The lowest BCUT2D eigenvalue weighted by molar-refractivity contribution is -0.149. The molecule has 1 fully saturated rings. The van der Waals surface area contributed by atoms with E-state index in [-0.39, 0.29) is 0 Å². The maximum Gasteiger partial charge on any atom is 0.311 e. The second kappa shape index (κ2) is 4.77. The largest absolute Gasteiger partial charge is 0.481 e. The molecule has 6 nitrogen and oxygen atoms in total. The van der Waals surface area contributed by atoms with Crippen molar-refractivity contribution in [1.82, 2.24) is 5.32 Å². The lowest BCUT2D eigenvalue weighted by Gasteiger charge is -2.31. The summed E-state index contributed by atoms with van der Waals surface area (Å²) in [5, 5.41) is 11.8. The lowest BCUT2D eigenvalue weighted by Crippen LogP contribution is -2.54. The van der Waals surface area contributed by atoms with Gasteiger partial charge in [0, 0.05) is 12.3 Å². The second-order valence-corrected chi connectivity index (χ2v) is 8.49. The first-order chi connectivity index (χ1) is 8.43. The summed E-state index contributed by atoms with van der Waals surface area (Å²) in [5.41, 5.74) is -1.02. The van der Waals surface area contributed by atoms with Gasteiger partial charge < -0.3 is 10.4 Å². The molecule has 0 aromatic heterocycles. The van der Waals surface area contributed by atoms with Crippen molar-refractivity contribution >= 4 is 21.7 Å². The van der Waals surface area contributed by atoms with E-state index in [0.717, 1.165) is 6.26 Å². The smallest absolute Gasteiger partial charge is 0.311 e. The fraction of sp³-hybridized carbons (Fsp3) is 0.833. The van der Waals surface area contributed by atoms with Gasteiger partial charge in [-0.1, -0.05) is 6.42 Å². The summed E-state index contributed by atoms with van der Waals surface area (Å²) in [6.45, 7) is 4.23. The van der Waals surface area contributed by atoms with Gasteiger partial charge in [-0.15, -0.1) is 0 Å². The van der Waals surface area contributed by atoms with Crippen molar-refractivity contribution in [2.45, 2.75) is 50.8 Å². The van der Waals surface area contributed by atoms with Crippen molar-refractivity contribution in [3.63, 3.8) is 0 Å². The van der Waals surface area contributed by atoms with Crippen molar-refractivity contribution < 1.29 is 23.1 Å². The zero-order chi connectivity index (χ0) is 15.1. The molecule has 0 aliphatic heterocycles. The summed E-state index contributed by atoms with van der Waals surface area (Å²) >= 11 is 0. The van der Waals surface area contributed by atoms with Gasteiger partial charge in [0.05, 0.1) is 5.41 Å². The number of hydrogen-bond acceptors (Lipinski definition) is 4. The topological polar surface area (TPSA) is 101 Å². The van der Waals surface area contributed by atoms with Crippen LogP contribution in [-0.4, -0.2) is 42.4 Å². The van der Waals surface area contributed by atoms with Crippen molar-refractivity contribution in [1.29, 1.82) is 0 Å². The van der Waals surface area contributed by atoms with E-state index in [4.69, 9.17) is 0 Å². The van der Waals surface area contributed by atoms with Gasteiger partial charge in [0.1, 0.15) is 4.75 Å². The molecule has 110 valence electrons. The number of rotatable bonds is 4. The van der Waals surface area contributed by atoms with Crippen molar-refractivity contribution in [3.05, 3.63) is 0 Å². The van der Waals surface area contributed by atoms with Gasteiger partial charge in [-0.2, -0.15) is 0 Å². The third-order valence-corrected chi connectivity index (χ3v) is 6.27. The van der Waals surface area contributed by atoms with Gasteiger partial charge in [-0.3, -0.25) is 9.59 Å². The molecule has 0 radical (unpaired) electrons. The molecule has 0 bridgehead atoms. The lowest BCUT2D eigenvalue weighted by atomic mass is 9.84. The minimum absolute atomic E-state index is 0.479. The van der Waals surface area contributed by atoms with Crippen LogP contribution in [0.5, 0.6) is 0 Å². The Bertz CT molecular complexity index is 496. The molecular formula is C12H21NO5S. The molecule has 1 aliphatic rings. The van der Waals surface area contributed by atoms with E-state index in [0.29, 0.717) is 19.3 Å². The van der Waals surface area contributed by atoms with Gasteiger partial charge in [0.15, 0.2) is 9.84 Å². The Morgan fingerprint density at radius 2 is 1.89 bits per heavy atom. The minimum Gasteiger partial charge on any atom is -0.481 e. The number of carbonyl (C=O) groups excluding carboxylic acids is 1. The predicted molar refractivity (Wildman–Crippen MR) is 70.4 cm³/mol. The van der Waals surface area contributed by atoms with Crippen LogP contribution in [0.1, 0.15) is 40.0 Å². The van der Waals surface area contributed by atoms with E-state index in [2.05, 4.69) is 5.32 Å². The van der Waals surface area contributed by atoms with Gasteiger partial charge in [-0.25, -0.2) is 8.42 Å². The Balaban J connectivity index is 2.92. The third kappa shape index (κ3) is 2.75. The zero-order valence-electron chi connectivity index (χ0n) is 11.7. The molecule has 1 amide bonds. The number of nitrogens with one attached hydrogen (secondary N) is 1. The van der Waals surface area contributed by atoms with E-state index in [1.807, 2.05) is 0 Å². The highest BCUT2D eigenvalue weighted by Crippen LogP contribution is 2.38. The molecule has 0 heterocycles. The molecule has 7 heteroatoms. The summed E-state index contributed by atoms with van der Waals surface area (Å²) in [6, 6.07) is -0.529. The van der Waals surface area contributed by atoms with Crippen LogP contribution in [0.3, 0.4) is 0 Å². The van der Waals surface area contributed by atoms with Crippen LogP contribution in [0.4, 0.5) is 0 Å². The molecule has 1 aliphatic carbocycles. The quantitative estimate of drug-likeness (QED) is 0.788. The van der Waals surface area contributed by atoms with E-state index >= 15 is 0 Å². The van der Waals surface area contributed by atoms with Gasteiger partial charge >= 0.3 is 5.97 Å². The molecule has 0 saturated heterocycles. The second-order valence-electron chi connectivity index (χ2n) is 5.92. The summed E-state index contributed by atoms with van der Waals surface area (Å²) in [5.74, 6) is -1.61. The van der Waals surface area contributed by atoms with Crippen LogP contribution >= 0.6 is 0 Å². The number of carboxylic acids is 1. The molecule has 2 atom stereocenters. The Hall–Kier alpha value is -1.11. The maximum absolute atomic E-state index is 12.1. The summed E-state index contributed by atoms with van der Waals surface area (Å²) in [6.07, 6.45) is 2.73. The summed E-state index contributed by atoms with van der Waals surface area (Å²) in [4.78, 5) is 23.4. The van der Waals surface area contributed by atoms with Crippen molar-refractivity contribution in [2.75, 3.05) is 6.26 Å². The number of hydrogen-bond donors (Lipinski definition) is 2. The molecule has 1 saturated carbocycles. The maximum atomic E-state index is 12.1. The molecule has 0 aromatic rings. The number of aliphatic carboxylic acids is 1. The van der Waals surface area contributed by atoms with Crippen molar-refractivity contribution in [3.8, 4) is 0 Å². The SMILES string of the molecule is CC1(C(=O)O)CCCC1NC(=O)C(C)(C)S(C)(=O)=O. The van der Waals surface area contributed by atoms with Crippen LogP contribution in [0, 0.1) is 5.41 Å². The molecule has 0 aromatic carbocycles. The van der Waals surface area contributed by atoms with Crippen LogP contribution in [0.15, 0.2) is 0 Å². The molecule has 0 spiro atoms. The van der Waals surface area contributed by atoms with Crippen molar-refractivity contribution in [2.24, 2.45) is 5.41 Å². The van der Waals surface area contributed by atoms with Crippen LogP contribution in [0.25, 0.3) is 0 Å². The average molecular weight is 291 g/mol. The number of sulfone groups is 1. The highest BCUT2D eigenvalue weighted by Gasteiger charge is 2.48. The fourth-order valence-electron chi connectivity index (χ4n) is 2.15. The van der Waals surface area contributed by atoms with E-state index in [9.17, 15) is 23.1 Å². The molecule has 1 rings (SSSR count). The fourth-order valence-corrected chi connectivity index (χ4v) is 2.55. The first kappa shape index (κ1) is 15.9. The van der Waals surface area contributed by atoms with Crippen LogP contribution < -0.4 is 5.32 Å². The average Bonchev–Trinajstić information content (AvgIpc) is 2.60. The van der Waals surface area contributed by atoms with Gasteiger partial charge in [-0.05, 0) is 33.6 Å². The molecule has 2 N–H and O–H groups in total. The van der Waals surface area contributed by atoms with Crippen LogP contribution in [-0.2, 0) is 19.4 Å². The number of carbonyl (C=O) groups is 2. The Labute approximate surface area is 113 Å². The Kier molecular flexibility index (Phi) is 4.01. The Morgan fingerprint density at radius 3 is 2.32 bits per heavy atom. The molecule has 19 heavy (non-hydrogen) atoms. The van der Waals surface area contributed by atoms with Crippen LogP contribution in [0.2, 0.25) is 0 Å². The standard InChI is InChI=1S/C12H21NO5S/c1-11(2,19(4,17)18)9(14)13-8-6-5-7-12(8,3)10(15)16/h8H,5-7H2,1-4H3,(H,13,14)(H,15,16). The van der Waals surface area contributed by atoms with E-state index < -0.39 is 37.9 Å². The first-order valence-electron chi connectivity index (χ1n) is 6.17. The molecule has 2 unspecified atom stereocenters. The first-order valence-corrected chi connectivity index (χ1v) is 8.06. The zero-order valence-corrected chi connectivity index (χ0v) is 12.5. The normalized spacial score (nSPS) is 28.1. The minimum atomic E-state index is -3.56. The third-order valence-electron chi connectivity index (χ3n) is 4.23. The highest BCUT2D eigenvalue weighted by molar-refractivity contribution is 7.92. The number of carboxylic acid groups (broad SMARTS) is 1. The summed E-state index contributed by atoms with van der Waals surface area (Å²) in [7, 11) is -3.56. The Morgan fingerprint density at radius 1 is 1.37 bits per heavy atom. The van der Waals surface area contributed by atoms with E-state index in [1.54, 1.807) is 6.92 Å². The monoisotopic (exact) mass is 291 g/mol. The van der Waals surface area contributed by atoms with Gasteiger partial charge in [0.25, 0.3) is 0 Å². The molecular weight excluding hydrogens is 270 g/mol. The number of amides is 1. The predicted octanol–water partition coefficient (Wildman–Crippen LogP) is 0.569.